The van der Waals surface area contributed by atoms with Crippen LogP contribution in [-0.2, 0) is 25.7 Å². The van der Waals surface area contributed by atoms with E-state index in [1.165, 1.54) is 27.3 Å². The van der Waals surface area contributed by atoms with Crippen molar-refractivity contribution < 1.29 is 4.42 Å². The Morgan fingerprint density at radius 1 is 0.952 bits per heavy atom. The van der Waals surface area contributed by atoms with Gasteiger partial charge in [-0.3, -0.25) is 0 Å². The molecule has 21 heavy (non-hydrogen) atoms. The van der Waals surface area contributed by atoms with Gasteiger partial charge in [0, 0.05) is 16.8 Å². The third-order valence-corrected chi connectivity index (χ3v) is 4.67. The molecule has 3 rings (SSSR count). The molecule has 0 aliphatic heterocycles. The number of aromatic nitrogens is 1. The van der Waals surface area contributed by atoms with Gasteiger partial charge in [-0.2, -0.15) is 0 Å². The van der Waals surface area contributed by atoms with Gasteiger partial charge in [0.1, 0.15) is 5.76 Å². The van der Waals surface area contributed by atoms with E-state index in [0.717, 1.165) is 31.4 Å². The van der Waals surface area contributed by atoms with E-state index in [4.69, 9.17) is 4.42 Å². The molecule has 0 saturated heterocycles. The van der Waals surface area contributed by atoms with Gasteiger partial charge in [-0.05, 0) is 79.8 Å². The quantitative estimate of drug-likeness (QED) is 0.692. The normalized spacial score (nSPS) is 11.1. The maximum absolute atomic E-state index is 5.34. The van der Waals surface area contributed by atoms with Crippen molar-refractivity contribution >= 4 is 11.3 Å². The first kappa shape index (κ1) is 14.2. The maximum Gasteiger partial charge on any atom is 0.100 e. The molecule has 0 unspecified atom stereocenters. The zero-order valence-corrected chi connectivity index (χ0v) is 13.4. The van der Waals surface area contributed by atoms with Crippen LogP contribution in [0.1, 0.15) is 33.0 Å². The van der Waals surface area contributed by atoms with Gasteiger partial charge in [-0.15, -0.1) is 11.3 Å². The van der Waals surface area contributed by atoms with E-state index < -0.39 is 0 Å². The van der Waals surface area contributed by atoms with Crippen LogP contribution < -0.4 is 0 Å². The molecule has 3 aromatic rings. The van der Waals surface area contributed by atoms with E-state index in [0.29, 0.717) is 0 Å². The summed E-state index contributed by atoms with van der Waals surface area (Å²) in [4.78, 5) is 4.79. The highest BCUT2D eigenvalue weighted by Gasteiger charge is 2.03. The van der Waals surface area contributed by atoms with Gasteiger partial charge < -0.3 is 9.40 Å². The lowest BCUT2D eigenvalue weighted by molar-refractivity contribution is 0.531. The summed E-state index contributed by atoms with van der Waals surface area (Å²) in [6.45, 7) is 4.16. The predicted octanol–water partition coefficient (Wildman–Crippen LogP) is 4.86. The minimum Gasteiger partial charge on any atom is -0.469 e. The van der Waals surface area contributed by atoms with Crippen LogP contribution in [0.4, 0.5) is 0 Å². The molecular weight excluding hydrogens is 278 g/mol. The van der Waals surface area contributed by atoms with E-state index in [1.807, 2.05) is 24.5 Å². The van der Waals surface area contributed by atoms with Crippen molar-refractivity contribution in [3.05, 3.63) is 69.1 Å². The topological polar surface area (TPSA) is 28.9 Å². The van der Waals surface area contributed by atoms with E-state index >= 15 is 0 Å². The first-order valence-electron chi connectivity index (χ1n) is 7.43. The van der Waals surface area contributed by atoms with Crippen molar-refractivity contribution in [3.63, 3.8) is 0 Å². The summed E-state index contributed by atoms with van der Waals surface area (Å²) in [6.07, 6.45) is 8.31. The standard InChI is InChI=1S/C18H21NOS/c1-13-7-16(11-20-13)5-6-18-9-15(10-19-18)3-4-17-8-14(2)21-12-17/h7-12,19H,3-6H2,1-2H3. The molecule has 0 saturated carbocycles. The van der Waals surface area contributed by atoms with Crippen LogP contribution in [0.3, 0.4) is 0 Å². The summed E-state index contributed by atoms with van der Waals surface area (Å²) >= 11 is 1.84. The van der Waals surface area contributed by atoms with Crippen LogP contribution >= 0.6 is 11.3 Å². The summed E-state index contributed by atoms with van der Waals surface area (Å²) in [5, 5.41) is 2.27. The minimum absolute atomic E-state index is 0.989. The van der Waals surface area contributed by atoms with Crippen LogP contribution in [-0.4, -0.2) is 4.98 Å². The molecule has 0 amide bonds. The predicted molar refractivity (Wildman–Crippen MR) is 88.1 cm³/mol. The number of nitrogens with one attached hydrogen (secondary N) is 1. The van der Waals surface area contributed by atoms with Crippen molar-refractivity contribution in [2.24, 2.45) is 0 Å². The Labute approximate surface area is 129 Å². The fourth-order valence-electron chi connectivity index (χ4n) is 2.61. The number of rotatable bonds is 6. The Morgan fingerprint density at radius 3 is 2.48 bits per heavy atom. The van der Waals surface area contributed by atoms with E-state index in [2.05, 4.69) is 41.7 Å². The second-order valence-corrected chi connectivity index (χ2v) is 6.78. The lowest BCUT2D eigenvalue weighted by Gasteiger charge is -1.96. The smallest absolute Gasteiger partial charge is 0.100 e. The fourth-order valence-corrected chi connectivity index (χ4v) is 3.35. The molecule has 2 nitrogen and oxygen atoms in total. The molecule has 0 bridgehead atoms. The molecule has 0 aliphatic carbocycles. The fraction of sp³-hybridized carbons (Fsp3) is 0.333. The molecule has 0 fully saturated rings. The SMILES string of the molecule is Cc1cc(CCc2cc(CCc3csc(C)c3)c[nH]2)co1. The second kappa shape index (κ2) is 6.35. The zero-order chi connectivity index (χ0) is 14.7. The summed E-state index contributed by atoms with van der Waals surface area (Å²) in [7, 11) is 0. The van der Waals surface area contributed by atoms with Crippen molar-refractivity contribution in [1.82, 2.24) is 4.98 Å². The average Bonchev–Trinajstić information content (AvgIpc) is 3.16. The van der Waals surface area contributed by atoms with Crippen LogP contribution in [0.2, 0.25) is 0 Å². The van der Waals surface area contributed by atoms with Crippen molar-refractivity contribution in [3.8, 4) is 0 Å². The van der Waals surface area contributed by atoms with Gasteiger partial charge in [0.15, 0.2) is 0 Å². The molecule has 0 radical (unpaired) electrons. The summed E-state index contributed by atoms with van der Waals surface area (Å²) in [6, 6.07) is 6.70. The highest BCUT2D eigenvalue weighted by molar-refractivity contribution is 7.10. The highest BCUT2D eigenvalue weighted by atomic mass is 32.1. The summed E-state index contributed by atoms with van der Waals surface area (Å²) in [5.41, 5.74) is 5.44. The van der Waals surface area contributed by atoms with Gasteiger partial charge in [0.05, 0.1) is 6.26 Å². The molecule has 0 atom stereocenters. The van der Waals surface area contributed by atoms with Gasteiger partial charge in [-0.1, -0.05) is 0 Å². The Hall–Kier alpha value is -1.74. The third-order valence-electron chi connectivity index (χ3n) is 3.76. The molecule has 3 aromatic heterocycles. The first-order chi connectivity index (χ1) is 10.2. The molecule has 0 aliphatic rings. The molecule has 110 valence electrons. The average molecular weight is 299 g/mol. The minimum atomic E-state index is 0.989. The lowest BCUT2D eigenvalue weighted by atomic mass is 10.1. The van der Waals surface area contributed by atoms with Crippen LogP contribution in [0.5, 0.6) is 0 Å². The number of thiophene rings is 1. The number of furan rings is 1. The molecule has 1 N–H and O–H groups in total. The van der Waals surface area contributed by atoms with E-state index in [1.54, 1.807) is 0 Å². The van der Waals surface area contributed by atoms with Gasteiger partial charge in [0.25, 0.3) is 0 Å². The number of aryl methyl sites for hydroxylation is 6. The number of aromatic amines is 1. The summed E-state index contributed by atoms with van der Waals surface area (Å²) < 4.78 is 5.34. The molecule has 0 spiro atoms. The van der Waals surface area contributed by atoms with Crippen LogP contribution in [0, 0.1) is 13.8 Å². The Morgan fingerprint density at radius 2 is 1.76 bits per heavy atom. The number of hydrogen-bond donors (Lipinski definition) is 1. The van der Waals surface area contributed by atoms with Gasteiger partial charge in [0.2, 0.25) is 0 Å². The summed E-state index contributed by atoms with van der Waals surface area (Å²) in [5.74, 6) is 0.989. The van der Waals surface area contributed by atoms with Crippen LogP contribution in [0.25, 0.3) is 0 Å². The maximum atomic E-state index is 5.34. The van der Waals surface area contributed by atoms with E-state index in [9.17, 15) is 0 Å². The molecule has 0 aromatic carbocycles. The molecule has 3 heterocycles. The Kier molecular flexibility index (Phi) is 4.30. The Balaban J connectivity index is 1.51. The van der Waals surface area contributed by atoms with E-state index in [-0.39, 0.29) is 0 Å². The number of H-pyrrole nitrogens is 1. The second-order valence-electron chi connectivity index (χ2n) is 5.66. The van der Waals surface area contributed by atoms with Crippen molar-refractivity contribution in [2.75, 3.05) is 0 Å². The zero-order valence-electron chi connectivity index (χ0n) is 12.6. The first-order valence-corrected chi connectivity index (χ1v) is 8.31. The van der Waals surface area contributed by atoms with Crippen molar-refractivity contribution in [1.29, 1.82) is 0 Å². The molecular formula is C18H21NOS. The number of hydrogen-bond acceptors (Lipinski definition) is 2. The van der Waals surface area contributed by atoms with Crippen LogP contribution in [0.15, 0.2) is 40.5 Å². The van der Waals surface area contributed by atoms with Gasteiger partial charge in [-0.25, -0.2) is 0 Å². The lowest BCUT2D eigenvalue weighted by Crippen LogP contribution is -1.89. The highest BCUT2D eigenvalue weighted by Crippen LogP contribution is 2.16. The third kappa shape index (κ3) is 3.88. The monoisotopic (exact) mass is 299 g/mol. The van der Waals surface area contributed by atoms with Crippen molar-refractivity contribution in [2.45, 2.75) is 39.5 Å². The molecule has 3 heteroatoms. The van der Waals surface area contributed by atoms with Gasteiger partial charge >= 0.3 is 0 Å². The Bertz CT molecular complexity index is 645. The largest absolute Gasteiger partial charge is 0.469 e.